The number of nitrogens with zero attached hydrogens (tertiary/aromatic N) is 3. The van der Waals surface area contributed by atoms with Gasteiger partial charge in [-0.15, -0.1) is 0 Å². The Morgan fingerprint density at radius 3 is 2.42 bits per heavy atom. The van der Waals surface area contributed by atoms with E-state index in [-0.39, 0.29) is 0 Å². The van der Waals surface area contributed by atoms with Crippen LogP contribution in [0, 0.1) is 11.3 Å². The summed E-state index contributed by atoms with van der Waals surface area (Å²) in [4.78, 5) is 8.86. The lowest BCUT2D eigenvalue weighted by atomic mass is 10.1. The van der Waals surface area contributed by atoms with E-state index in [1.54, 1.807) is 12.1 Å². The summed E-state index contributed by atoms with van der Waals surface area (Å²) in [5.74, 6) is 0.369. The molecule has 1 heterocycles. The van der Waals surface area contributed by atoms with Crippen LogP contribution in [-0.4, -0.2) is 9.97 Å². The van der Waals surface area contributed by atoms with Gasteiger partial charge in [-0.3, -0.25) is 0 Å². The van der Waals surface area contributed by atoms with E-state index in [4.69, 9.17) is 11.0 Å². The molecular formula is C15H10N4. The van der Waals surface area contributed by atoms with Crippen LogP contribution in [0.3, 0.4) is 0 Å². The summed E-state index contributed by atoms with van der Waals surface area (Å²) in [6.07, 6.45) is 0. The number of rotatable bonds is 1. The molecule has 3 aromatic rings. The summed E-state index contributed by atoms with van der Waals surface area (Å²) in [5.41, 5.74) is 9.49. The van der Waals surface area contributed by atoms with Crippen LogP contribution in [0.2, 0.25) is 0 Å². The van der Waals surface area contributed by atoms with Crippen molar-refractivity contribution in [3.05, 3.63) is 54.1 Å². The minimum absolute atomic E-state index is 0.369. The van der Waals surface area contributed by atoms with Crippen LogP contribution in [0.1, 0.15) is 5.56 Å². The van der Waals surface area contributed by atoms with Gasteiger partial charge < -0.3 is 5.73 Å². The first-order valence-electron chi connectivity index (χ1n) is 5.81. The number of aromatic nitrogens is 2. The molecule has 19 heavy (non-hydrogen) atoms. The molecule has 0 fully saturated rings. The van der Waals surface area contributed by atoms with Crippen molar-refractivity contribution in [2.24, 2.45) is 0 Å². The number of hydrogen-bond donors (Lipinski definition) is 1. The number of anilines is 1. The third kappa shape index (κ3) is 1.98. The van der Waals surface area contributed by atoms with Gasteiger partial charge >= 0.3 is 0 Å². The minimum atomic E-state index is 0.369. The topological polar surface area (TPSA) is 75.6 Å². The second kappa shape index (κ2) is 4.39. The molecule has 2 aromatic carbocycles. The third-order valence-corrected chi connectivity index (χ3v) is 2.86. The van der Waals surface area contributed by atoms with Crippen molar-refractivity contribution in [3.63, 3.8) is 0 Å². The van der Waals surface area contributed by atoms with Gasteiger partial charge in [0.05, 0.1) is 22.7 Å². The molecule has 0 saturated heterocycles. The second-order valence-electron chi connectivity index (χ2n) is 4.14. The molecule has 0 aliphatic heterocycles. The monoisotopic (exact) mass is 246 g/mol. The van der Waals surface area contributed by atoms with E-state index in [2.05, 4.69) is 16.0 Å². The fraction of sp³-hybridized carbons (Fsp3) is 0. The Kier molecular flexibility index (Phi) is 2.58. The standard InChI is InChI=1S/C15H10N4/c16-9-10-4-3-5-11(8-10)14-15(17)19-13-7-2-1-6-12(13)18-14/h1-8H,(H2,17,19). The molecule has 4 heteroatoms. The SMILES string of the molecule is N#Cc1cccc(-c2nc3ccccc3nc2N)c1. The van der Waals surface area contributed by atoms with Crippen LogP contribution in [0.25, 0.3) is 22.3 Å². The lowest BCUT2D eigenvalue weighted by molar-refractivity contribution is 1.30. The van der Waals surface area contributed by atoms with Crippen molar-refractivity contribution >= 4 is 16.9 Å². The molecular weight excluding hydrogens is 236 g/mol. The Labute approximate surface area is 110 Å². The fourth-order valence-corrected chi connectivity index (χ4v) is 1.96. The van der Waals surface area contributed by atoms with Gasteiger partial charge in [0.1, 0.15) is 5.69 Å². The molecule has 0 atom stereocenters. The van der Waals surface area contributed by atoms with Crippen molar-refractivity contribution < 1.29 is 0 Å². The van der Waals surface area contributed by atoms with E-state index in [9.17, 15) is 0 Å². The highest BCUT2D eigenvalue weighted by Gasteiger charge is 2.08. The highest BCUT2D eigenvalue weighted by molar-refractivity contribution is 5.82. The number of hydrogen-bond acceptors (Lipinski definition) is 4. The molecule has 2 N–H and O–H groups in total. The Bertz CT molecular complexity index is 803. The van der Waals surface area contributed by atoms with E-state index in [0.29, 0.717) is 17.1 Å². The predicted molar refractivity (Wildman–Crippen MR) is 74.1 cm³/mol. The van der Waals surface area contributed by atoms with Crippen LogP contribution >= 0.6 is 0 Å². The van der Waals surface area contributed by atoms with Crippen LogP contribution in [0.15, 0.2) is 48.5 Å². The molecule has 90 valence electrons. The zero-order valence-electron chi connectivity index (χ0n) is 10.0. The Morgan fingerprint density at radius 2 is 1.68 bits per heavy atom. The van der Waals surface area contributed by atoms with Crippen molar-refractivity contribution in [2.45, 2.75) is 0 Å². The van der Waals surface area contributed by atoms with Gasteiger partial charge in [-0.1, -0.05) is 24.3 Å². The fourth-order valence-electron chi connectivity index (χ4n) is 1.96. The normalized spacial score (nSPS) is 10.3. The van der Waals surface area contributed by atoms with Crippen molar-refractivity contribution in [1.29, 1.82) is 5.26 Å². The summed E-state index contributed by atoms with van der Waals surface area (Å²) in [5, 5.41) is 8.93. The molecule has 0 aliphatic rings. The Morgan fingerprint density at radius 1 is 0.947 bits per heavy atom. The maximum Gasteiger partial charge on any atom is 0.150 e. The number of fused-ring (bicyclic) bond motifs is 1. The number of nitrogens with two attached hydrogens (primary N) is 1. The maximum absolute atomic E-state index is 8.93. The number of benzene rings is 2. The van der Waals surface area contributed by atoms with E-state index in [0.717, 1.165) is 16.6 Å². The molecule has 3 rings (SSSR count). The van der Waals surface area contributed by atoms with Crippen molar-refractivity contribution in [1.82, 2.24) is 9.97 Å². The van der Waals surface area contributed by atoms with Gasteiger partial charge in [0.15, 0.2) is 5.82 Å². The Hall–Kier alpha value is -2.93. The highest BCUT2D eigenvalue weighted by Crippen LogP contribution is 2.25. The summed E-state index contributed by atoms with van der Waals surface area (Å²) < 4.78 is 0. The third-order valence-electron chi connectivity index (χ3n) is 2.86. The van der Waals surface area contributed by atoms with E-state index in [1.807, 2.05) is 36.4 Å². The van der Waals surface area contributed by atoms with Crippen molar-refractivity contribution in [3.8, 4) is 17.3 Å². The molecule has 0 aliphatic carbocycles. The molecule has 0 saturated carbocycles. The molecule has 0 bridgehead atoms. The lowest BCUT2D eigenvalue weighted by Gasteiger charge is -2.06. The predicted octanol–water partition coefficient (Wildman–Crippen LogP) is 2.75. The average molecular weight is 246 g/mol. The highest BCUT2D eigenvalue weighted by atomic mass is 14.9. The van der Waals surface area contributed by atoms with Gasteiger partial charge in [0, 0.05) is 5.56 Å². The first-order chi connectivity index (χ1) is 9.28. The molecule has 0 spiro atoms. The van der Waals surface area contributed by atoms with E-state index >= 15 is 0 Å². The molecule has 4 nitrogen and oxygen atoms in total. The first-order valence-corrected chi connectivity index (χ1v) is 5.81. The summed E-state index contributed by atoms with van der Waals surface area (Å²) >= 11 is 0. The zero-order chi connectivity index (χ0) is 13.2. The van der Waals surface area contributed by atoms with E-state index < -0.39 is 0 Å². The zero-order valence-corrected chi connectivity index (χ0v) is 10.0. The molecule has 0 amide bonds. The van der Waals surface area contributed by atoms with Gasteiger partial charge in [0.25, 0.3) is 0 Å². The Balaban J connectivity index is 2.24. The second-order valence-corrected chi connectivity index (χ2v) is 4.14. The first kappa shape index (κ1) is 11.2. The van der Waals surface area contributed by atoms with Crippen LogP contribution in [-0.2, 0) is 0 Å². The van der Waals surface area contributed by atoms with Gasteiger partial charge in [0.2, 0.25) is 0 Å². The average Bonchev–Trinajstić information content (AvgIpc) is 2.46. The van der Waals surface area contributed by atoms with Gasteiger partial charge in [-0.05, 0) is 24.3 Å². The minimum Gasteiger partial charge on any atom is -0.382 e. The van der Waals surface area contributed by atoms with Crippen molar-refractivity contribution in [2.75, 3.05) is 5.73 Å². The lowest BCUT2D eigenvalue weighted by Crippen LogP contribution is -1.98. The quantitative estimate of drug-likeness (QED) is 0.716. The smallest absolute Gasteiger partial charge is 0.150 e. The van der Waals surface area contributed by atoms with Gasteiger partial charge in [-0.25, -0.2) is 9.97 Å². The molecule has 0 unspecified atom stereocenters. The number of para-hydroxylation sites is 2. The number of nitriles is 1. The summed E-state index contributed by atoms with van der Waals surface area (Å²) in [7, 11) is 0. The van der Waals surface area contributed by atoms with Gasteiger partial charge in [-0.2, -0.15) is 5.26 Å². The molecule has 0 radical (unpaired) electrons. The number of nitrogen functional groups attached to an aromatic ring is 1. The summed E-state index contributed by atoms with van der Waals surface area (Å²) in [6, 6.07) is 16.8. The van der Waals surface area contributed by atoms with E-state index in [1.165, 1.54) is 0 Å². The largest absolute Gasteiger partial charge is 0.382 e. The maximum atomic E-state index is 8.93. The molecule has 1 aromatic heterocycles. The van der Waals surface area contributed by atoms with Crippen LogP contribution in [0.5, 0.6) is 0 Å². The van der Waals surface area contributed by atoms with Crippen LogP contribution < -0.4 is 5.73 Å². The summed E-state index contributed by atoms with van der Waals surface area (Å²) in [6.45, 7) is 0. The van der Waals surface area contributed by atoms with Crippen LogP contribution in [0.4, 0.5) is 5.82 Å².